The molecule has 0 aliphatic heterocycles. The van der Waals surface area contributed by atoms with Gasteiger partial charge < -0.3 is 10.2 Å². The van der Waals surface area contributed by atoms with Crippen molar-refractivity contribution >= 4 is 50.7 Å². The second kappa shape index (κ2) is 14.0. The van der Waals surface area contributed by atoms with Crippen LogP contribution in [0.5, 0.6) is 0 Å². The number of benzene rings is 3. The van der Waals surface area contributed by atoms with Crippen LogP contribution in [-0.4, -0.2) is 50.0 Å². The molecule has 0 bridgehead atoms. The number of rotatable bonds is 12. The molecule has 0 heterocycles. The fourth-order valence-corrected chi connectivity index (χ4v) is 5.35. The van der Waals surface area contributed by atoms with Crippen molar-refractivity contribution in [3.63, 3.8) is 0 Å². The van der Waals surface area contributed by atoms with Crippen LogP contribution in [0.25, 0.3) is 0 Å². The predicted octanol–water partition coefficient (Wildman–Crippen LogP) is 5.62. The number of anilines is 1. The summed E-state index contributed by atoms with van der Waals surface area (Å²) in [7, 11) is -3.90. The first-order valence-corrected chi connectivity index (χ1v) is 15.6. The van der Waals surface area contributed by atoms with Gasteiger partial charge >= 0.3 is 0 Å². The van der Waals surface area contributed by atoms with E-state index in [1.165, 1.54) is 23.1 Å². The lowest BCUT2D eigenvalue weighted by molar-refractivity contribution is -0.140. The highest BCUT2D eigenvalue weighted by molar-refractivity contribution is 7.92. The fourth-order valence-electron chi connectivity index (χ4n) is 4.22. The Balaban J connectivity index is 2.08. The number of aryl methyl sites for hydroxylation is 1. The van der Waals surface area contributed by atoms with Crippen molar-refractivity contribution in [2.45, 2.75) is 52.2 Å². The molecule has 3 aromatic rings. The van der Waals surface area contributed by atoms with E-state index in [0.717, 1.165) is 27.3 Å². The molecule has 0 radical (unpaired) electrons. The zero-order valence-electron chi connectivity index (χ0n) is 23.1. The third kappa shape index (κ3) is 8.46. The number of hydrogen-bond donors (Lipinski definition) is 1. The fraction of sp³-hybridized carbons (Fsp3) is 0.333. The molecule has 0 saturated carbocycles. The van der Waals surface area contributed by atoms with E-state index in [1.807, 2.05) is 75.4 Å². The number of nitrogens with one attached hydrogen (secondary N) is 1. The van der Waals surface area contributed by atoms with Crippen molar-refractivity contribution in [2.24, 2.45) is 0 Å². The minimum atomic E-state index is -3.90. The number of carbonyl (C=O) groups is 2. The van der Waals surface area contributed by atoms with Gasteiger partial charge in [0.15, 0.2) is 0 Å². The average molecular weight is 605 g/mol. The summed E-state index contributed by atoms with van der Waals surface area (Å²) in [6.07, 6.45) is 1.99. The van der Waals surface area contributed by atoms with E-state index in [0.29, 0.717) is 6.42 Å². The normalized spacial score (nSPS) is 12.8. The lowest BCUT2D eigenvalue weighted by Crippen LogP contribution is -2.54. The minimum absolute atomic E-state index is 0.107. The van der Waals surface area contributed by atoms with Crippen LogP contribution in [-0.2, 0) is 32.6 Å². The largest absolute Gasteiger partial charge is 0.352 e. The summed E-state index contributed by atoms with van der Waals surface area (Å²) in [5.41, 5.74) is 2.87. The molecule has 7 nitrogen and oxygen atoms in total. The number of hydrogen-bond acceptors (Lipinski definition) is 4. The van der Waals surface area contributed by atoms with Crippen LogP contribution in [0.1, 0.15) is 37.0 Å². The zero-order valence-corrected chi connectivity index (χ0v) is 25.4. The molecule has 3 aromatic carbocycles. The third-order valence-corrected chi connectivity index (χ3v) is 8.62. The molecule has 2 amide bonds. The number of amides is 2. The molecule has 0 aliphatic rings. The molecular formula is C30H35Cl2N3O4S. The highest BCUT2D eigenvalue weighted by atomic mass is 35.5. The maximum absolute atomic E-state index is 14.1. The molecule has 10 heteroatoms. The van der Waals surface area contributed by atoms with E-state index in [4.69, 9.17) is 23.2 Å². The van der Waals surface area contributed by atoms with Gasteiger partial charge in [0, 0.05) is 19.0 Å². The molecule has 2 atom stereocenters. The van der Waals surface area contributed by atoms with Crippen LogP contribution in [0.15, 0.2) is 72.8 Å². The molecule has 3 rings (SSSR count). The second-order valence-corrected chi connectivity index (χ2v) is 12.6. The summed E-state index contributed by atoms with van der Waals surface area (Å²) in [6, 6.07) is 20.4. The lowest BCUT2D eigenvalue weighted by Gasteiger charge is -2.34. The summed E-state index contributed by atoms with van der Waals surface area (Å²) in [5.74, 6) is -0.833. The predicted molar refractivity (Wildman–Crippen MR) is 162 cm³/mol. The Labute approximate surface area is 247 Å². The Bertz CT molecular complexity index is 1430. The van der Waals surface area contributed by atoms with Gasteiger partial charge in [-0.25, -0.2) is 8.42 Å². The first-order chi connectivity index (χ1) is 18.9. The summed E-state index contributed by atoms with van der Waals surface area (Å²) < 4.78 is 26.7. The molecule has 0 aromatic heterocycles. The molecule has 0 fully saturated rings. The van der Waals surface area contributed by atoms with Gasteiger partial charge in [-0.05, 0) is 55.2 Å². The van der Waals surface area contributed by atoms with Crippen molar-refractivity contribution in [3.8, 4) is 0 Å². The van der Waals surface area contributed by atoms with Gasteiger partial charge in [-0.15, -0.1) is 0 Å². The van der Waals surface area contributed by atoms with E-state index in [9.17, 15) is 18.0 Å². The third-order valence-electron chi connectivity index (χ3n) is 6.74. The van der Waals surface area contributed by atoms with Crippen LogP contribution in [0.4, 0.5) is 5.69 Å². The van der Waals surface area contributed by atoms with Gasteiger partial charge in [-0.2, -0.15) is 0 Å². The van der Waals surface area contributed by atoms with E-state index < -0.39 is 28.5 Å². The van der Waals surface area contributed by atoms with Gasteiger partial charge in [0.1, 0.15) is 12.6 Å². The second-order valence-electron chi connectivity index (χ2n) is 9.84. The van der Waals surface area contributed by atoms with Gasteiger partial charge in [0.2, 0.25) is 21.8 Å². The van der Waals surface area contributed by atoms with Gasteiger partial charge in [-0.3, -0.25) is 13.9 Å². The Morgan fingerprint density at radius 3 is 2.20 bits per heavy atom. The summed E-state index contributed by atoms with van der Waals surface area (Å²) >= 11 is 12.2. The lowest BCUT2D eigenvalue weighted by atomic mass is 10.0. The number of halogens is 2. The van der Waals surface area contributed by atoms with Crippen molar-refractivity contribution in [2.75, 3.05) is 17.1 Å². The van der Waals surface area contributed by atoms with Gasteiger partial charge in [0.05, 0.1) is 22.0 Å². The highest BCUT2D eigenvalue weighted by Crippen LogP contribution is 2.29. The Morgan fingerprint density at radius 2 is 1.60 bits per heavy atom. The molecule has 214 valence electrons. The zero-order chi connectivity index (χ0) is 29.4. The maximum Gasteiger partial charge on any atom is 0.244 e. The van der Waals surface area contributed by atoms with Crippen molar-refractivity contribution in [1.82, 2.24) is 10.2 Å². The van der Waals surface area contributed by atoms with Gasteiger partial charge in [-0.1, -0.05) is 84.7 Å². The Morgan fingerprint density at radius 1 is 0.950 bits per heavy atom. The quantitative estimate of drug-likeness (QED) is 0.291. The van der Waals surface area contributed by atoms with Crippen molar-refractivity contribution in [1.29, 1.82) is 0 Å². The first-order valence-electron chi connectivity index (χ1n) is 13.0. The van der Waals surface area contributed by atoms with Crippen molar-refractivity contribution < 1.29 is 18.0 Å². The summed E-state index contributed by atoms with van der Waals surface area (Å²) in [6.45, 7) is 5.40. The van der Waals surface area contributed by atoms with E-state index in [-0.39, 0.29) is 40.6 Å². The molecule has 40 heavy (non-hydrogen) atoms. The molecule has 0 aliphatic carbocycles. The molecule has 0 unspecified atom stereocenters. The van der Waals surface area contributed by atoms with Crippen LogP contribution in [0.2, 0.25) is 10.0 Å². The summed E-state index contributed by atoms with van der Waals surface area (Å²) in [5, 5.41) is 3.44. The van der Waals surface area contributed by atoms with E-state index >= 15 is 0 Å². The number of nitrogens with zero attached hydrogens (tertiary/aromatic N) is 2. The van der Waals surface area contributed by atoms with Crippen LogP contribution in [0, 0.1) is 6.92 Å². The molecular weight excluding hydrogens is 569 g/mol. The van der Waals surface area contributed by atoms with Gasteiger partial charge in [0.25, 0.3) is 0 Å². The molecule has 1 N–H and O–H groups in total. The smallest absolute Gasteiger partial charge is 0.244 e. The number of sulfonamides is 1. The van der Waals surface area contributed by atoms with E-state index in [1.54, 1.807) is 0 Å². The Kier molecular flexibility index (Phi) is 11.0. The average Bonchev–Trinajstić information content (AvgIpc) is 2.91. The Hall–Kier alpha value is -3.07. The van der Waals surface area contributed by atoms with Crippen LogP contribution in [0.3, 0.4) is 0 Å². The van der Waals surface area contributed by atoms with Crippen molar-refractivity contribution in [3.05, 3.63) is 99.5 Å². The van der Waals surface area contributed by atoms with E-state index in [2.05, 4.69) is 5.32 Å². The number of carbonyl (C=O) groups excluding carboxylic acids is 2. The standard InChI is InChI=1S/C30H35Cl2N3O4S/c1-5-22(3)33-30(37)28(17-23-12-7-6-8-13-23)34(19-24-14-10-9-11-21(24)2)29(36)20-35(40(4,38)39)25-15-16-26(31)27(32)18-25/h6-16,18,22,28H,5,17,19-20H2,1-4H3,(H,33,37)/t22-,28-/m1/s1. The maximum atomic E-state index is 14.1. The SMILES string of the molecule is CC[C@@H](C)NC(=O)[C@@H](Cc1ccccc1)N(Cc1ccccc1C)C(=O)CN(c1ccc(Cl)c(Cl)c1)S(C)(=O)=O. The monoisotopic (exact) mass is 603 g/mol. The molecule has 0 spiro atoms. The van der Waals surface area contributed by atoms with Crippen LogP contribution < -0.4 is 9.62 Å². The topological polar surface area (TPSA) is 86.8 Å². The molecule has 0 saturated heterocycles. The minimum Gasteiger partial charge on any atom is -0.352 e. The highest BCUT2D eigenvalue weighted by Gasteiger charge is 2.33. The first kappa shape index (κ1) is 31.5. The summed E-state index contributed by atoms with van der Waals surface area (Å²) in [4.78, 5) is 29.3. The van der Waals surface area contributed by atoms with Crippen LogP contribution >= 0.6 is 23.2 Å².